The average molecular weight is 202 g/mol. The first kappa shape index (κ1) is 8.10. The summed E-state index contributed by atoms with van der Waals surface area (Å²) in [7, 11) is 0. The van der Waals surface area contributed by atoms with E-state index in [0.29, 0.717) is 11.0 Å². The number of benzene rings is 1. The minimum atomic E-state index is 0.105. The largest absolute Gasteiger partial charge is 0.391 e. The number of hydrogen-bond donors (Lipinski definition) is 0. The number of fused-ring (bicyclic) bond motifs is 2. The van der Waals surface area contributed by atoms with E-state index in [2.05, 4.69) is 19.8 Å². The lowest BCUT2D eigenvalue weighted by atomic mass is 10.2. The molecule has 2 aromatic heterocycles. The third kappa shape index (κ3) is 1.11. The molecule has 6 nitrogen and oxygen atoms in total. The van der Waals surface area contributed by atoms with E-state index in [1.165, 1.54) is 0 Å². The highest BCUT2D eigenvalue weighted by Gasteiger charge is 2.14. The molecule has 0 atom stereocenters. The van der Waals surface area contributed by atoms with Gasteiger partial charge in [0.05, 0.1) is 0 Å². The Kier molecular flexibility index (Phi) is 1.42. The van der Waals surface area contributed by atoms with E-state index in [1.807, 2.05) is 25.1 Å². The fourth-order valence-corrected chi connectivity index (χ4v) is 1.44. The van der Waals surface area contributed by atoms with Gasteiger partial charge in [0.2, 0.25) is 0 Å². The van der Waals surface area contributed by atoms with E-state index in [-0.39, 0.29) is 16.2 Å². The Morgan fingerprint density at radius 2 is 2.13 bits per heavy atom. The molecule has 3 rings (SSSR count). The van der Waals surface area contributed by atoms with Crippen molar-refractivity contribution in [3.05, 3.63) is 29.0 Å². The minimum absolute atomic E-state index is 0.105. The molecule has 6 heteroatoms. The number of aryl methyl sites for hydroxylation is 1. The van der Waals surface area contributed by atoms with Crippen LogP contribution in [0.15, 0.2) is 22.8 Å². The van der Waals surface area contributed by atoms with E-state index in [4.69, 9.17) is 0 Å². The maximum Gasteiger partial charge on any atom is 0.362 e. The molecule has 74 valence electrons. The van der Waals surface area contributed by atoms with Crippen molar-refractivity contribution in [3.8, 4) is 0 Å². The van der Waals surface area contributed by atoms with Crippen molar-refractivity contribution in [3.63, 3.8) is 0 Å². The SMILES string of the molecule is Cc1ccc2nc3no[n+]([O-])c3nc2c1. The second-order valence-electron chi connectivity index (χ2n) is 3.29. The maximum atomic E-state index is 11.1. The summed E-state index contributed by atoms with van der Waals surface area (Å²) in [4.78, 5) is 8.54. The molecule has 0 bridgehead atoms. The molecule has 0 radical (unpaired) electrons. The van der Waals surface area contributed by atoms with Gasteiger partial charge in [0, 0.05) is 0 Å². The van der Waals surface area contributed by atoms with Crippen LogP contribution in [0.2, 0.25) is 0 Å². The third-order valence-corrected chi connectivity index (χ3v) is 2.16. The monoisotopic (exact) mass is 202 g/mol. The topological polar surface area (TPSA) is 78.8 Å². The van der Waals surface area contributed by atoms with Gasteiger partial charge in [-0.1, -0.05) is 16.0 Å². The zero-order valence-corrected chi connectivity index (χ0v) is 7.84. The van der Waals surface area contributed by atoms with Crippen LogP contribution in [0.5, 0.6) is 0 Å². The second kappa shape index (κ2) is 2.63. The fraction of sp³-hybridized carbons (Fsp3) is 0.111. The van der Waals surface area contributed by atoms with Gasteiger partial charge in [0.1, 0.15) is 5.52 Å². The van der Waals surface area contributed by atoms with Crippen molar-refractivity contribution in [2.24, 2.45) is 0 Å². The number of aromatic nitrogens is 4. The van der Waals surface area contributed by atoms with Crippen molar-refractivity contribution in [1.29, 1.82) is 0 Å². The van der Waals surface area contributed by atoms with E-state index >= 15 is 0 Å². The highest BCUT2D eigenvalue weighted by molar-refractivity contribution is 5.81. The van der Waals surface area contributed by atoms with Crippen LogP contribution in [0.3, 0.4) is 0 Å². The van der Waals surface area contributed by atoms with E-state index < -0.39 is 0 Å². The van der Waals surface area contributed by atoms with Crippen LogP contribution in [0.1, 0.15) is 5.56 Å². The van der Waals surface area contributed by atoms with E-state index in [9.17, 15) is 5.21 Å². The van der Waals surface area contributed by atoms with Gasteiger partial charge in [0.25, 0.3) is 0 Å². The molecule has 0 fully saturated rings. The van der Waals surface area contributed by atoms with Crippen LogP contribution >= 0.6 is 0 Å². The van der Waals surface area contributed by atoms with Gasteiger partial charge in [-0.15, -0.1) is 0 Å². The zero-order valence-electron chi connectivity index (χ0n) is 7.84. The van der Waals surface area contributed by atoms with Crippen LogP contribution in [0.25, 0.3) is 22.3 Å². The Balaban J connectivity index is 2.50. The summed E-state index contributed by atoms with van der Waals surface area (Å²) in [5.41, 5.74) is 2.75. The Labute approximate surface area is 83.7 Å². The molecule has 0 spiro atoms. The number of hydrogen-bond acceptors (Lipinski definition) is 5. The van der Waals surface area contributed by atoms with Gasteiger partial charge in [-0.2, -0.15) is 0 Å². The molecule has 15 heavy (non-hydrogen) atoms. The zero-order chi connectivity index (χ0) is 10.4. The summed E-state index contributed by atoms with van der Waals surface area (Å²) in [5.74, 6) is 0. The first-order valence-electron chi connectivity index (χ1n) is 4.38. The molecule has 0 aliphatic rings. The number of nitrogens with zero attached hydrogens (tertiary/aromatic N) is 4. The molecule has 0 unspecified atom stereocenters. The summed E-state index contributed by atoms with van der Waals surface area (Å²) in [5, 5.41) is 14.6. The summed E-state index contributed by atoms with van der Waals surface area (Å²) >= 11 is 0. The molecule has 0 amide bonds. The Morgan fingerprint density at radius 1 is 1.27 bits per heavy atom. The molecule has 2 heterocycles. The van der Waals surface area contributed by atoms with Gasteiger partial charge in [-0.25, -0.2) is 4.98 Å². The van der Waals surface area contributed by atoms with Gasteiger partial charge < -0.3 is 9.84 Å². The lowest BCUT2D eigenvalue weighted by Crippen LogP contribution is -2.23. The molecule has 0 saturated carbocycles. The lowest BCUT2D eigenvalue weighted by molar-refractivity contribution is -0.783. The van der Waals surface area contributed by atoms with Gasteiger partial charge in [-0.3, -0.25) is 0 Å². The summed E-state index contributed by atoms with van der Waals surface area (Å²) < 4.78 is 4.40. The summed E-state index contributed by atoms with van der Waals surface area (Å²) in [6.07, 6.45) is 0. The molecule has 3 aromatic rings. The average Bonchev–Trinajstić information content (AvgIpc) is 2.57. The van der Waals surface area contributed by atoms with Crippen LogP contribution in [0.4, 0.5) is 0 Å². The molecule has 0 saturated heterocycles. The predicted octanol–water partition coefficient (Wildman–Crippen LogP) is 0.713. The highest BCUT2D eigenvalue weighted by Crippen LogP contribution is 2.13. The Bertz CT molecular complexity index is 662. The molecule has 0 N–H and O–H groups in total. The summed E-state index contributed by atoms with van der Waals surface area (Å²) in [6.45, 7) is 1.95. The standard InChI is InChI=1S/C9H6N4O2/c1-5-2-3-6-7(4-5)11-9-8(10-6)12-15-13(9)14/h2-4H,1H3. The highest BCUT2D eigenvalue weighted by atomic mass is 16.8. The van der Waals surface area contributed by atoms with Crippen molar-refractivity contribution in [1.82, 2.24) is 15.1 Å². The molecule has 1 aromatic carbocycles. The lowest BCUT2D eigenvalue weighted by Gasteiger charge is -1.93. The fourth-order valence-electron chi connectivity index (χ4n) is 1.44. The van der Waals surface area contributed by atoms with Crippen molar-refractivity contribution in [2.75, 3.05) is 0 Å². The van der Waals surface area contributed by atoms with Crippen molar-refractivity contribution >= 4 is 22.3 Å². The van der Waals surface area contributed by atoms with Gasteiger partial charge in [-0.05, 0) is 29.8 Å². The maximum absolute atomic E-state index is 11.1. The normalized spacial score (nSPS) is 11.3. The van der Waals surface area contributed by atoms with E-state index in [1.54, 1.807) is 0 Å². The van der Waals surface area contributed by atoms with Crippen molar-refractivity contribution in [2.45, 2.75) is 6.92 Å². The second-order valence-corrected chi connectivity index (χ2v) is 3.29. The molecular formula is C9H6N4O2. The third-order valence-electron chi connectivity index (χ3n) is 2.16. The first-order chi connectivity index (χ1) is 7.24. The molecular weight excluding hydrogens is 196 g/mol. The predicted molar refractivity (Wildman–Crippen MR) is 50.8 cm³/mol. The van der Waals surface area contributed by atoms with Crippen LogP contribution in [-0.2, 0) is 0 Å². The van der Waals surface area contributed by atoms with Crippen LogP contribution in [-0.4, -0.2) is 15.1 Å². The molecule has 0 aliphatic carbocycles. The minimum Gasteiger partial charge on any atom is -0.391 e. The Hall–Kier alpha value is -2.24. The smallest absolute Gasteiger partial charge is 0.362 e. The van der Waals surface area contributed by atoms with Crippen molar-refractivity contribution < 1.29 is 9.53 Å². The van der Waals surface area contributed by atoms with Gasteiger partial charge in [0.15, 0.2) is 5.52 Å². The first-order valence-corrected chi connectivity index (χ1v) is 4.38. The number of rotatable bonds is 0. The van der Waals surface area contributed by atoms with Crippen LogP contribution in [0, 0.1) is 12.1 Å². The summed E-state index contributed by atoms with van der Waals surface area (Å²) in [6, 6.07) is 5.61. The van der Waals surface area contributed by atoms with Crippen LogP contribution < -0.4 is 4.90 Å². The van der Waals surface area contributed by atoms with Gasteiger partial charge >= 0.3 is 11.3 Å². The Morgan fingerprint density at radius 3 is 3.00 bits per heavy atom. The van der Waals surface area contributed by atoms with E-state index in [0.717, 1.165) is 5.56 Å². The molecule has 0 aliphatic heterocycles. The quantitative estimate of drug-likeness (QED) is 0.501.